The molecule has 1 aliphatic rings. The molecule has 2 nitrogen and oxygen atoms in total. The van der Waals surface area contributed by atoms with Gasteiger partial charge < -0.3 is 4.90 Å². The maximum atomic E-state index is 9.20. The summed E-state index contributed by atoms with van der Waals surface area (Å²) in [6, 6.07) is 8.73. The van der Waals surface area contributed by atoms with E-state index in [1.165, 1.54) is 25.7 Å². The highest BCUT2D eigenvalue weighted by Gasteiger charge is 2.19. The average molecular weight is 293 g/mol. The molecule has 3 heteroatoms. The third-order valence-electron chi connectivity index (χ3n) is 3.44. The van der Waals surface area contributed by atoms with Crippen molar-refractivity contribution in [3.8, 4) is 6.07 Å². The maximum Gasteiger partial charge on any atom is 0.101 e. The van der Waals surface area contributed by atoms with E-state index in [0.717, 1.165) is 22.3 Å². The fourth-order valence-corrected chi connectivity index (χ4v) is 2.82. The second-order valence-corrected chi connectivity index (χ2v) is 5.58. The van der Waals surface area contributed by atoms with Gasteiger partial charge in [0, 0.05) is 17.1 Å². The van der Waals surface area contributed by atoms with Gasteiger partial charge in [-0.15, -0.1) is 0 Å². The normalized spacial score (nSPS) is 20.8. The van der Waals surface area contributed by atoms with Crippen molar-refractivity contribution in [2.75, 3.05) is 11.4 Å². The lowest BCUT2D eigenvalue weighted by atomic mass is 10.1. The summed E-state index contributed by atoms with van der Waals surface area (Å²) in [5, 5.41) is 9.20. The summed E-state index contributed by atoms with van der Waals surface area (Å²) in [7, 11) is 0. The summed E-state index contributed by atoms with van der Waals surface area (Å²) >= 11 is 3.50. The van der Waals surface area contributed by atoms with E-state index in [-0.39, 0.29) is 0 Å². The van der Waals surface area contributed by atoms with Gasteiger partial charge in [-0.05, 0) is 38.0 Å². The third-order valence-corrected chi connectivity index (χ3v) is 3.94. The van der Waals surface area contributed by atoms with Crippen LogP contribution in [0.3, 0.4) is 0 Å². The van der Waals surface area contributed by atoms with E-state index in [2.05, 4.69) is 39.9 Å². The molecule has 90 valence electrons. The van der Waals surface area contributed by atoms with Crippen molar-refractivity contribution in [3.05, 3.63) is 28.2 Å². The molecule has 1 fully saturated rings. The Morgan fingerprint density at radius 2 is 2.18 bits per heavy atom. The molecule has 0 bridgehead atoms. The lowest BCUT2D eigenvalue weighted by molar-refractivity contribution is 0.616. The van der Waals surface area contributed by atoms with Crippen molar-refractivity contribution < 1.29 is 0 Å². The van der Waals surface area contributed by atoms with Crippen molar-refractivity contribution in [2.45, 2.75) is 38.6 Å². The zero-order chi connectivity index (χ0) is 12.3. The Labute approximate surface area is 111 Å². The van der Waals surface area contributed by atoms with Crippen LogP contribution in [0, 0.1) is 11.3 Å². The highest BCUT2D eigenvalue weighted by atomic mass is 79.9. The van der Waals surface area contributed by atoms with Crippen LogP contribution in [0.25, 0.3) is 0 Å². The molecule has 0 amide bonds. The number of rotatable bonds is 1. The number of anilines is 1. The first-order valence-corrected chi connectivity index (χ1v) is 6.98. The van der Waals surface area contributed by atoms with E-state index in [1.54, 1.807) is 0 Å². The van der Waals surface area contributed by atoms with Gasteiger partial charge in [0.15, 0.2) is 0 Å². The van der Waals surface area contributed by atoms with Crippen LogP contribution in [0.4, 0.5) is 5.69 Å². The summed E-state index contributed by atoms with van der Waals surface area (Å²) < 4.78 is 1.04. The smallest absolute Gasteiger partial charge is 0.101 e. The molecule has 0 aromatic heterocycles. The van der Waals surface area contributed by atoms with Crippen LogP contribution in [-0.4, -0.2) is 12.6 Å². The molecule has 1 atom stereocenters. The standard InChI is InChI=1S/C14H17BrN2/c1-11-5-3-2-4-8-17(11)14-9-13(15)7-6-12(14)10-16/h6-7,9,11H,2-5,8H2,1H3. The minimum atomic E-state index is 0.527. The van der Waals surface area contributed by atoms with E-state index in [0.29, 0.717) is 6.04 Å². The van der Waals surface area contributed by atoms with Gasteiger partial charge >= 0.3 is 0 Å². The first kappa shape index (κ1) is 12.4. The topological polar surface area (TPSA) is 27.0 Å². The molecule has 17 heavy (non-hydrogen) atoms. The number of halogens is 1. The second kappa shape index (κ2) is 5.55. The molecule has 1 saturated heterocycles. The minimum absolute atomic E-state index is 0.527. The Hall–Kier alpha value is -1.01. The zero-order valence-corrected chi connectivity index (χ0v) is 11.7. The van der Waals surface area contributed by atoms with E-state index < -0.39 is 0 Å². The minimum Gasteiger partial charge on any atom is -0.368 e. The molecule has 1 unspecified atom stereocenters. The summed E-state index contributed by atoms with van der Waals surface area (Å²) in [6.07, 6.45) is 5.05. The largest absolute Gasteiger partial charge is 0.368 e. The molecular weight excluding hydrogens is 276 g/mol. The number of benzene rings is 1. The van der Waals surface area contributed by atoms with Gasteiger partial charge in [-0.1, -0.05) is 28.8 Å². The molecule has 1 aromatic carbocycles. The van der Waals surface area contributed by atoms with Crippen LogP contribution >= 0.6 is 15.9 Å². The Bertz CT molecular complexity index is 436. The molecule has 0 saturated carbocycles. The molecule has 2 rings (SSSR count). The number of nitrogens with zero attached hydrogens (tertiary/aromatic N) is 2. The van der Waals surface area contributed by atoms with Crippen LogP contribution in [0.5, 0.6) is 0 Å². The number of hydrogen-bond donors (Lipinski definition) is 0. The van der Waals surface area contributed by atoms with Gasteiger partial charge in [0.1, 0.15) is 6.07 Å². The van der Waals surface area contributed by atoms with Crippen molar-refractivity contribution in [3.63, 3.8) is 0 Å². The van der Waals surface area contributed by atoms with Crippen LogP contribution in [0.1, 0.15) is 38.2 Å². The highest BCUT2D eigenvalue weighted by Crippen LogP contribution is 2.29. The van der Waals surface area contributed by atoms with Crippen molar-refractivity contribution in [2.24, 2.45) is 0 Å². The molecule has 0 spiro atoms. The Morgan fingerprint density at radius 3 is 2.94 bits per heavy atom. The molecule has 1 aromatic rings. The van der Waals surface area contributed by atoms with E-state index in [4.69, 9.17) is 0 Å². The zero-order valence-electron chi connectivity index (χ0n) is 10.1. The lowest BCUT2D eigenvalue weighted by Crippen LogP contribution is -2.33. The van der Waals surface area contributed by atoms with Crippen LogP contribution in [-0.2, 0) is 0 Å². The molecule has 1 heterocycles. The van der Waals surface area contributed by atoms with Gasteiger partial charge in [0.25, 0.3) is 0 Å². The highest BCUT2D eigenvalue weighted by molar-refractivity contribution is 9.10. The Morgan fingerprint density at radius 1 is 1.35 bits per heavy atom. The first-order chi connectivity index (χ1) is 8.22. The predicted octanol–water partition coefficient (Wildman–Crippen LogP) is 4.09. The molecule has 0 radical (unpaired) electrons. The van der Waals surface area contributed by atoms with Crippen molar-refractivity contribution >= 4 is 21.6 Å². The second-order valence-electron chi connectivity index (χ2n) is 4.67. The average Bonchev–Trinajstić information content (AvgIpc) is 2.54. The molecule has 1 aliphatic heterocycles. The van der Waals surface area contributed by atoms with Gasteiger partial charge in [0.2, 0.25) is 0 Å². The van der Waals surface area contributed by atoms with E-state index in [1.807, 2.05) is 12.1 Å². The summed E-state index contributed by atoms with van der Waals surface area (Å²) in [5.74, 6) is 0. The fraction of sp³-hybridized carbons (Fsp3) is 0.500. The predicted molar refractivity (Wildman–Crippen MR) is 74.1 cm³/mol. The van der Waals surface area contributed by atoms with Crippen LogP contribution < -0.4 is 4.90 Å². The molecule has 0 N–H and O–H groups in total. The first-order valence-electron chi connectivity index (χ1n) is 6.18. The number of nitriles is 1. The Balaban J connectivity index is 2.37. The Kier molecular flexibility index (Phi) is 4.06. The van der Waals surface area contributed by atoms with Gasteiger partial charge in [-0.2, -0.15) is 5.26 Å². The van der Waals surface area contributed by atoms with Gasteiger partial charge in [0.05, 0.1) is 11.3 Å². The van der Waals surface area contributed by atoms with Crippen molar-refractivity contribution in [1.82, 2.24) is 0 Å². The molecule has 0 aliphatic carbocycles. The van der Waals surface area contributed by atoms with E-state index >= 15 is 0 Å². The number of hydrogen-bond acceptors (Lipinski definition) is 2. The van der Waals surface area contributed by atoms with E-state index in [9.17, 15) is 5.26 Å². The van der Waals surface area contributed by atoms with Gasteiger partial charge in [-0.25, -0.2) is 0 Å². The summed E-state index contributed by atoms with van der Waals surface area (Å²) in [4.78, 5) is 2.39. The van der Waals surface area contributed by atoms with Crippen LogP contribution in [0.2, 0.25) is 0 Å². The molecular formula is C14H17BrN2. The quantitative estimate of drug-likeness (QED) is 0.779. The SMILES string of the molecule is CC1CCCCCN1c1cc(Br)ccc1C#N. The monoisotopic (exact) mass is 292 g/mol. The lowest BCUT2D eigenvalue weighted by Gasteiger charge is -2.30. The summed E-state index contributed by atoms with van der Waals surface area (Å²) in [5.41, 5.74) is 1.86. The van der Waals surface area contributed by atoms with Crippen LogP contribution in [0.15, 0.2) is 22.7 Å². The van der Waals surface area contributed by atoms with Gasteiger partial charge in [-0.3, -0.25) is 0 Å². The third kappa shape index (κ3) is 2.81. The maximum absolute atomic E-state index is 9.20. The fourth-order valence-electron chi connectivity index (χ4n) is 2.47. The summed E-state index contributed by atoms with van der Waals surface area (Å²) in [6.45, 7) is 3.32. The van der Waals surface area contributed by atoms with Crippen molar-refractivity contribution in [1.29, 1.82) is 5.26 Å².